The molecule has 2 N–H and O–H groups in total. The maximum absolute atomic E-state index is 12.6. The van der Waals surface area contributed by atoms with E-state index in [1.165, 1.54) is 0 Å². The highest BCUT2D eigenvalue weighted by Crippen LogP contribution is 2.30. The average Bonchev–Trinajstić information content (AvgIpc) is 3.19. The smallest absolute Gasteiger partial charge is 0.220 e. The monoisotopic (exact) mass is 358 g/mol. The van der Waals surface area contributed by atoms with E-state index in [0.29, 0.717) is 34.2 Å². The molecule has 5 nitrogen and oxygen atoms in total. The van der Waals surface area contributed by atoms with Crippen molar-refractivity contribution in [1.29, 1.82) is 0 Å². The molecule has 1 aliphatic heterocycles. The first-order valence-corrected chi connectivity index (χ1v) is 8.63. The van der Waals surface area contributed by atoms with E-state index in [1.807, 2.05) is 48.5 Å². The number of aliphatic imine (C=N–C) groups is 1. The van der Waals surface area contributed by atoms with Crippen molar-refractivity contribution in [1.82, 2.24) is 0 Å². The number of hydrogen-bond donors (Lipinski definition) is 1. The van der Waals surface area contributed by atoms with Crippen LogP contribution in [0.1, 0.15) is 15.9 Å². The van der Waals surface area contributed by atoms with Crippen LogP contribution in [0, 0.1) is 0 Å². The summed E-state index contributed by atoms with van der Waals surface area (Å²) in [5, 5.41) is 0. The molecule has 3 aromatic carbocycles. The Labute approximate surface area is 157 Å². The zero-order chi connectivity index (χ0) is 18.6. The van der Waals surface area contributed by atoms with Crippen LogP contribution in [0.15, 0.2) is 83.9 Å². The SMILES string of the molecule is Nc1ccc(C2=N[C@H](C(=O)c3ccccc3)CO2)c(Oc2ccccc2)c1. The fraction of sp³-hybridized carbons (Fsp3) is 0.0909. The van der Waals surface area contributed by atoms with E-state index >= 15 is 0 Å². The van der Waals surface area contributed by atoms with Crippen LogP contribution in [0.5, 0.6) is 11.5 Å². The van der Waals surface area contributed by atoms with Gasteiger partial charge < -0.3 is 15.2 Å². The Morgan fingerprint density at radius 1 is 1.00 bits per heavy atom. The summed E-state index contributed by atoms with van der Waals surface area (Å²) in [6.07, 6.45) is 0. The number of nitrogens with zero attached hydrogens (tertiary/aromatic N) is 1. The quantitative estimate of drug-likeness (QED) is 0.551. The maximum atomic E-state index is 12.6. The number of nitrogen functional groups attached to an aromatic ring is 1. The van der Waals surface area contributed by atoms with Gasteiger partial charge >= 0.3 is 0 Å². The lowest BCUT2D eigenvalue weighted by molar-refractivity contribution is 0.0948. The number of anilines is 1. The van der Waals surface area contributed by atoms with Crippen molar-refractivity contribution in [3.05, 3.63) is 90.0 Å². The molecule has 0 saturated carbocycles. The molecule has 0 amide bonds. The zero-order valence-corrected chi connectivity index (χ0v) is 14.5. The standard InChI is InChI=1S/C22H18N2O3/c23-16-11-12-18(20(13-16)27-17-9-5-2-6-10-17)22-24-19(14-26-22)21(25)15-7-3-1-4-8-15/h1-13,19H,14,23H2/t19-/m0/s1. The Hall–Kier alpha value is -3.60. The molecule has 0 saturated heterocycles. The largest absolute Gasteiger partial charge is 0.475 e. The van der Waals surface area contributed by atoms with Crippen molar-refractivity contribution in [3.63, 3.8) is 0 Å². The van der Waals surface area contributed by atoms with Gasteiger partial charge in [-0.2, -0.15) is 0 Å². The van der Waals surface area contributed by atoms with Crippen molar-refractivity contribution in [2.45, 2.75) is 6.04 Å². The molecule has 134 valence electrons. The number of nitrogens with two attached hydrogens (primary N) is 1. The van der Waals surface area contributed by atoms with E-state index in [0.717, 1.165) is 0 Å². The molecular formula is C22H18N2O3. The highest BCUT2D eigenvalue weighted by molar-refractivity contribution is 6.05. The third-order valence-electron chi connectivity index (χ3n) is 4.22. The van der Waals surface area contributed by atoms with Crippen LogP contribution in [-0.2, 0) is 4.74 Å². The fourth-order valence-electron chi connectivity index (χ4n) is 2.87. The van der Waals surface area contributed by atoms with Gasteiger partial charge in [0.15, 0.2) is 11.8 Å². The van der Waals surface area contributed by atoms with Crippen molar-refractivity contribution in [3.8, 4) is 11.5 Å². The van der Waals surface area contributed by atoms with Gasteiger partial charge in [0.2, 0.25) is 5.90 Å². The molecule has 1 atom stereocenters. The Balaban J connectivity index is 1.63. The Bertz CT molecular complexity index is 985. The van der Waals surface area contributed by atoms with E-state index in [1.54, 1.807) is 30.3 Å². The van der Waals surface area contributed by atoms with E-state index in [2.05, 4.69) is 4.99 Å². The second-order valence-electron chi connectivity index (χ2n) is 6.16. The number of rotatable bonds is 5. The van der Waals surface area contributed by atoms with Crippen molar-refractivity contribution < 1.29 is 14.3 Å². The van der Waals surface area contributed by atoms with Crippen molar-refractivity contribution in [2.75, 3.05) is 12.3 Å². The highest BCUT2D eigenvalue weighted by atomic mass is 16.5. The molecule has 27 heavy (non-hydrogen) atoms. The first kappa shape index (κ1) is 16.8. The summed E-state index contributed by atoms with van der Waals surface area (Å²) in [5.41, 5.74) is 7.77. The minimum absolute atomic E-state index is 0.0634. The molecule has 0 radical (unpaired) electrons. The normalized spacial score (nSPS) is 15.7. The highest BCUT2D eigenvalue weighted by Gasteiger charge is 2.28. The van der Waals surface area contributed by atoms with Gasteiger partial charge in [0, 0.05) is 17.3 Å². The predicted molar refractivity (Wildman–Crippen MR) is 104 cm³/mol. The molecule has 0 spiro atoms. The third kappa shape index (κ3) is 3.67. The molecule has 1 heterocycles. The molecule has 1 aliphatic rings. The fourth-order valence-corrected chi connectivity index (χ4v) is 2.87. The molecule has 3 aromatic rings. The third-order valence-corrected chi connectivity index (χ3v) is 4.22. The predicted octanol–water partition coefficient (Wildman–Crippen LogP) is 4.09. The summed E-state index contributed by atoms with van der Waals surface area (Å²) in [6.45, 7) is 0.207. The first-order valence-electron chi connectivity index (χ1n) is 8.63. The van der Waals surface area contributed by atoms with Crippen molar-refractivity contribution in [2.24, 2.45) is 4.99 Å². The topological polar surface area (TPSA) is 73.9 Å². The summed E-state index contributed by atoms with van der Waals surface area (Å²) in [7, 11) is 0. The van der Waals surface area contributed by atoms with Gasteiger partial charge in [-0.3, -0.25) is 4.79 Å². The molecule has 0 bridgehead atoms. The van der Waals surface area contributed by atoms with Crippen LogP contribution in [-0.4, -0.2) is 24.3 Å². The summed E-state index contributed by atoms with van der Waals surface area (Å²) < 4.78 is 11.7. The van der Waals surface area contributed by atoms with Crippen LogP contribution < -0.4 is 10.5 Å². The number of ether oxygens (including phenoxy) is 2. The van der Waals surface area contributed by atoms with Crippen LogP contribution >= 0.6 is 0 Å². The number of carbonyl (C=O) groups is 1. The van der Waals surface area contributed by atoms with Crippen LogP contribution in [0.2, 0.25) is 0 Å². The van der Waals surface area contributed by atoms with Gasteiger partial charge in [-0.1, -0.05) is 48.5 Å². The van der Waals surface area contributed by atoms with E-state index < -0.39 is 6.04 Å². The lowest BCUT2D eigenvalue weighted by Gasteiger charge is -2.11. The van der Waals surface area contributed by atoms with Gasteiger partial charge in [-0.25, -0.2) is 4.99 Å². The van der Waals surface area contributed by atoms with Gasteiger partial charge in [-0.05, 0) is 24.3 Å². The summed E-state index contributed by atoms with van der Waals surface area (Å²) >= 11 is 0. The first-order chi connectivity index (χ1) is 13.2. The number of para-hydroxylation sites is 1. The Kier molecular flexibility index (Phi) is 4.58. The van der Waals surface area contributed by atoms with Crippen LogP contribution in [0.4, 0.5) is 5.69 Å². The zero-order valence-electron chi connectivity index (χ0n) is 14.5. The Morgan fingerprint density at radius 3 is 2.44 bits per heavy atom. The molecule has 0 aromatic heterocycles. The second kappa shape index (κ2) is 7.33. The van der Waals surface area contributed by atoms with E-state index in [-0.39, 0.29) is 12.4 Å². The van der Waals surface area contributed by atoms with E-state index in [9.17, 15) is 4.79 Å². The molecular weight excluding hydrogens is 340 g/mol. The second-order valence-corrected chi connectivity index (χ2v) is 6.16. The number of benzene rings is 3. The van der Waals surface area contributed by atoms with Crippen LogP contribution in [0.25, 0.3) is 0 Å². The van der Waals surface area contributed by atoms with Gasteiger partial charge in [0.25, 0.3) is 0 Å². The van der Waals surface area contributed by atoms with Gasteiger partial charge in [0.1, 0.15) is 18.1 Å². The lowest BCUT2D eigenvalue weighted by Crippen LogP contribution is -2.19. The van der Waals surface area contributed by atoms with E-state index in [4.69, 9.17) is 15.2 Å². The molecule has 0 unspecified atom stereocenters. The average molecular weight is 358 g/mol. The molecule has 0 aliphatic carbocycles. The van der Waals surface area contributed by atoms with Crippen LogP contribution in [0.3, 0.4) is 0 Å². The molecule has 4 rings (SSSR count). The minimum atomic E-state index is -0.565. The number of Topliss-reactive ketones (excluding diaryl/α,β-unsaturated/α-hetero) is 1. The van der Waals surface area contributed by atoms with Crippen molar-refractivity contribution >= 4 is 17.4 Å². The maximum Gasteiger partial charge on any atom is 0.220 e. The lowest BCUT2D eigenvalue weighted by atomic mass is 10.1. The molecule has 5 heteroatoms. The summed E-state index contributed by atoms with van der Waals surface area (Å²) in [4.78, 5) is 17.1. The molecule has 0 fully saturated rings. The minimum Gasteiger partial charge on any atom is -0.475 e. The van der Waals surface area contributed by atoms with Gasteiger partial charge in [-0.15, -0.1) is 0 Å². The number of ketones is 1. The number of carbonyl (C=O) groups excluding carboxylic acids is 1. The summed E-state index contributed by atoms with van der Waals surface area (Å²) in [5.74, 6) is 1.54. The van der Waals surface area contributed by atoms with Gasteiger partial charge in [0.05, 0.1) is 5.56 Å². The number of hydrogen-bond acceptors (Lipinski definition) is 5. The Morgan fingerprint density at radius 2 is 1.70 bits per heavy atom. The summed E-state index contributed by atoms with van der Waals surface area (Å²) in [6, 6.07) is 23.2.